The van der Waals surface area contributed by atoms with Gasteiger partial charge in [-0.3, -0.25) is 9.59 Å². The van der Waals surface area contributed by atoms with Gasteiger partial charge in [0.1, 0.15) is 0 Å². The van der Waals surface area contributed by atoms with E-state index >= 15 is 0 Å². The van der Waals surface area contributed by atoms with Gasteiger partial charge in [-0.05, 0) is 36.1 Å². The average Bonchev–Trinajstić information content (AvgIpc) is 2.57. The van der Waals surface area contributed by atoms with Gasteiger partial charge in [0.15, 0.2) is 11.6 Å². The van der Waals surface area contributed by atoms with Gasteiger partial charge in [0.25, 0.3) is 0 Å². The zero-order valence-electron chi connectivity index (χ0n) is 13.0. The summed E-state index contributed by atoms with van der Waals surface area (Å²) in [7, 11) is 0. The van der Waals surface area contributed by atoms with E-state index in [1.54, 1.807) is 12.2 Å². The highest BCUT2D eigenvalue weighted by molar-refractivity contribution is 6.08. The fourth-order valence-electron chi connectivity index (χ4n) is 2.17. The molecule has 0 bridgehead atoms. The van der Waals surface area contributed by atoms with Crippen molar-refractivity contribution >= 4 is 11.6 Å². The fourth-order valence-corrected chi connectivity index (χ4v) is 2.17. The van der Waals surface area contributed by atoms with Gasteiger partial charge in [0.05, 0.1) is 6.42 Å². The third-order valence-corrected chi connectivity index (χ3v) is 3.35. The first-order chi connectivity index (χ1) is 11.2. The van der Waals surface area contributed by atoms with Crippen LogP contribution in [0.2, 0.25) is 0 Å². The lowest BCUT2D eigenvalue weighted by Gasteiger charge is -1.95. The van der Waals surface area contributed by atoms with Gasteiger partial charge in [-0.15, -0.1) is 0 Å². The molecule has 2 aromatic carbocycles. The van der Waals surface area contributed by atoms with E-state index in [0.29, 0.717) is 12.8 Å². The number of rotatable bonds is 8. The molecule has 0 atom stereocenters. The Balaban J connectivity index is 1.73. The Morgan fingerprint density at radius 3 is 1.43 bits per heavy atom. The highest BCUT2D eigenvalue weighted by Crippen LogP contribution is 2.02. The molecule has 23 heavy (non-hydrogen) atoms. The van der Waals surface area contributed by atoms with Crippen molar-refractivity contribution in [2.75, 3.05) is 0 Å². The Morgan fingerprint density at radius 2 is 1.04 bits per heavy atom. The highest BCUT2D eigenvalue weighted by Gasteiger charge is 2.03. The Bertz CT molecular complexity index is 621. The summed E-state index contributed by atoms with van der Waals surface area (Å²) < 4.78 is 0. The minimum absolute atomic E-state index is 0.0728. The predicted octanol–water partition coefficient (Wildman–Crippen LogP) is 4.11. The normalized spacial score (nSPS) is 11.1. The molecule has 0 saturated heterocycles. The highest BCUT2D eigenvalue weighted by atomic mass is 16.1. The zero-order valence-corrected chi connectivity index (χ0v) is 13.0. The summed E-state index contributed by atoms with van der Waals surface area (Å²) in [4.78, 5) is 23.5. The summed E-state index contributed by atoms with van der Waals surface area (Å²) >= 11 is 0. The Morgan fingerprint density at radius 1 is 0.652 bits per heavy atom. The van der Waals surface area contributed by atoms with E-state index in [1.807, 2.05) is 60.7 Å². The molecule has 0 spiro atoms. The molecule has 0 radical (unpaired) electrons. The minimum Gasteiger partial charge on any atom is -0.294 e. The fraction of sp³-hybridized carbons (Fsp3) is 0.143. The van der Waals surface area contributed by atoms with E-state index in [0.717, 1.165) is 11.1 Å². The summed E-state index contributed by atoms with van der Waals surface area (Å²) in [6, 6.07) is 19.8. The molecule has 2 rings (SSSR count). The van der Waals surface area contributed by atoms with Crippen molar-refractivity contribution in [2.45, 2.75) is 19.3 Å². The maximum atomic E-state index is 11.7. The zero-order chi connectivity index (χ0) is 16.3. The van der Waals surface area contributed by atoms with Gasteiger partial charge < -0.3 is 0 Å². The number of hydrogen-bond acceptors (Lipinski definition) is 2. The van der Waals surface area contributed by atoms with Crippen LogP contribution in [0, 0.1) is 0 Å². The number of ketones is 2. The Labute approximate surface area is 137 Å². The number of allylic oxidation sites excluding steroid dienone is 4. The van der Waals surface area contributed by atoms with Gasteiger partial charge in [-0.25, -0.2) is 0 Å². The molecule has 2 heteroatoms. The van der Waals surface area contributed by atoms with E-state index in [2.05, 4.69) is 0 Å². The van der Waals surface area contributed by atoms with E-state index in [4.69, 9.17) is 0 Å². The maximum Gasteiger partial charge on any atom is 0.163 e. The second-order valence-corrected chi connectivity index (χ2v) is 5.29. The monoisotopic (exact) mass is 304 g/mol. The van der Waals surface area contributed by atoms with Crippen LogP contribution in [0.3, 0.4) is 0 Å². The first-order valence-corrected chi connectivity index (χ1v) is 7.70. The number of hydrogen-bond donors (Lipinski definition) is 0. The van der Waals surface area contributed by atoms with Crippen LogP contribution >= 0.6 is 0 Å². The van der Waals surface area contributed by atoms with Crippen molar-refractivity contribution in [2.24, 2.45) is 0 Å². The summed E-state index contributed by atoms with van der Waals surface area (Å²) in [5, 5.41) is 0. The molecule has 2 nitrogen and oxygen atoms in total. The molecular weight excluding hydrogens is 284 g/mol. The maximum absolute atomic E-state index is 11.7. The predicted molar refractivity (Wildman–Crippen MR) is 93.2 cm³/mol. The van der Waals surface area contributed by atoms with Crippen molar-refractivity contribution in [3.63, 3.8) is 0 Å². The van der Waals surface area contributed by atoms with Crippen molar-refractivity contribution in [1.29, 1.82) is 0 Å². The lowest BCUT2D eigenvalue weighted by atomic mass is 10.1. The van der Waals surface area contributed by atoms with Gasteiger partial charge in [-0.1, -0.05) is 72.8 Å². The molecule has 116 valence electrons. The summed E-state index contributed by atoms with van der Waals surface area (Å²) in [5.41, 5.74) is 2.29. The molecule has 0 heterocycles. The topological polar surface area (TPSA) is 34.1 Å². The molecule has 2 aromatic rings. The second-order valence-electron chi connectivity index (χ2n) is 5.29. The molecule has 0 unspecified atom stereocenters. The largest absolute Gasteiger partial charge is 0.294 e. The number of benzene rings is 2. The molecule has 0 amide bonds. The van der Waals surface area contributed by atoms with Crippen molar-refractivity contribution < 1.29 is 9.59 Å². The Hall–Kier alpha value is -2.74. The van der Waals surface area contributed by atoms with Crippen LogP contribution in [0.15, 0.2) is 85.0 Å². The molecule has 0 aliphatic heterocycles. The SMILES string of the molecule is O=C(/C=C/Cc1ccccc1)CC(=O)/C=C/Cc1ccccc1. The minimum atomic E-state index is -0.157. The van der Waals surface area contributed by atoms with E-state index in [9.17, 15) is 9.59 Å². The number of carbonyl (C=O) groups is 2. The lowest BCUT2D eigenvalue weighted by Crippen LogP contribution is -2.02. The van der Waals surface area contributed by atoms with E-state index < -0.39 is 0 Å². The second kappa shape index (κ2) is 9.31. The van der Waals surface area contributed by atoms with Crippen LogP contribution in [0.5, 0.6) is 0 Å². The first-order valence-electron chi connectivity index (χ1n) is 7.70. The number of carbonyl (C=O) groups excluding carboxylic acids is 2. The molecule has 0 aliphatic rings. The van der Waals surface area contributed by atoms with E-state index in [-0.39, 0.29) is 18.0 Å². The van der Waals surface area contributed by atoms with Crippen molar-refractivity contribution in [1.82, 2.24) is 0 Å². The average molecular weight is 304 g/mol. The van der Waals surface area contributed by atoms with Gasteiger partial charge >= 0.3 is 0 Å². The molecule has 0 aromatic heterocycles. The van der Waals surface area contributed by atoms with Gasteiger partial charge in [0.2, 0.25) is 0 Å². The van der Waals surface area contributed by atoms with Crippen LogP contribution in [-0.2, 0) is 22.4 Å². The molecule has 0 saturated carbocycles. The van der Waals surface area contributed by atoms with Crippen LogP contribution in [0.1, 0.15) is 17.5 Å². The smallest absolute Gasteiger partial charge is 0.163 e. The van der Waals surface area contributed by atoms with E-state index in [1.165, 1.54) is 12.2 Å². The summed E-state index contributed by atoms with van der Waals surface area (Å²) in [5.74, 6) is -0.314. The van der Waals surface area contributed by atoms with Gasteiger partial charge in [0, 0.05) is 0 Å². The van der Waals surface area contributed by atoms with Crippen molar-refractivity contribution in [3.05, 3.63) is 96.1 Å². The summed E-state index contributed by atoms with van der Waals surface area (Å²) in [6.07, 6.45) is 7.93. The Kier molecular flexibility index (Phi) is 6.73. The van der Waals surface area contributed by atoms with Crippen LogP contribution < -0.4 is 0 Å². The van der Waals surface area contributed by atoms with Crippen LogP contribution in [-0.4, -0.2) is 11.6 Å². The summed E-state index contributed by atoms with van der Waals surface area (Å²) in [6.45, 7) is 0. The van der Waals surface area contributed by atoms with Crippen LogP contribution in [0.4, 0.5) is 0 Å². The molecule has 0 fully saturated rings. The lowest BCUT2D eigenvalue weighted by molar-refractivity contribution is -0.121. The van der Waals surface area contributed by atoms with Crippen LogP contribution in [0.25, 0.3) is 0 Å². The molecule has 0 aliphatic carbocycles. The quantitative estimate of drug-likeness (QED) is 0.543. The standard InChI is InChI=1S/C21H20O2/c22-20(15-7-13-18-9-3-1-4-10-18)17-21(23)16-8-14-19-11-5-2-6-12-19/h1-12,15-16H,13-14,17H2/b15-7+,16-8+. The molecular formula is C21H20O2. The molecule has 0 N–H and O–H groups in total. The first kappa shape index (κ1) is 16.6. The van der Waals surface area contributed by atoms with Gasteiger partial charge in [-0.2, -0.15) is 0 Å². The van der Waals surface area contributed by atoms with Crippen molar-refractivity contribution in [3.8, 4) is 0 Å². The third-order valence-electron chi connectivity index (χ3n) is 3.35. The third kappa shape index (κ3) is 6.70.